The largest absolute Gasteiger partial charge is 0.356 e. The number of hydrogen-bond acceptors (Lipinski definition) is 3. The number of carbonyl (C=O) groups excluding carboxylic acids is 1. The summed E-state index contributed by atoms with van der Waals surface area (Å²) in [6, 6.07) is 4.21. The molecular weight excluding hydrogens is 238 g/mol. The summed E-state index contributed by atoms with van der Waals surface area (Å²) in [5, 5.41) is 6.25. The summed E-state index contributed by atoms with van der Waals surface area (Å²) < 4.78 is 0. The zero-order valence-electron chi connectivity index (χ0n) is 12.4. The molecule has 0 radical (unpaired) electrons. The number of nitrogens with zero attached hydrogens (tertiary/aromatic N) is 1. The molecule has 4 heteroatoms. The zero-order valence-corrected chi connectivity index (χ0v) is 12.4. The summed E-state index contributed by atoms with van der Waals surface area (Å²) in [7, 11) is 0. The van der Waals surface area contributed by atoms with E-state index in [4.69, 9.17) is 0 Å². The molecule has 19 heavy (non-hydrogen) atoms. The minimum atomic E-state index is 0.0928. The predicted octanol–water partition coefficient (Wildman–Crippen LogP) is 2.20. The second-order valence-corrected chi connectivity index (χ2v) is 5.08. The molecule has 4 nitrogen and oxygen atoms in total. The first-order valence-electron chi connectivity index (χ1n) is 6.97. The summed E-state index contributed by atoms with van der Waals surface area (Å²) in [4.78, 5) is 15.9. The molecule has 0 aliphatic carbocycles. The van der Waals surface area contributed by atoms with E-state index in [0.717, 1.165) is 5.69 Å². The Labute approximate surface area is 116 Å². The second kappa shape index (κ2) is 7.89. The van der Waals surface area contributed by atoms with Gasteiger partial charge in [-0.25, -0.2) is 0 Å². The molecule has 0 saturated heterocycles. The third-order valence-electron chi connectivity index (χ3n) is 3.10. The fraction of sp³-hybridized carbons (Fsp3) is 0.600. The van der Waals surface area contributed by atoms with Crippen LogP contribution in [0.15, 0.2) is 18.3 Å². The first kappa shape index (κ1) is 15.6. The van der Waals surface area contributed by atoms with Crippen molar-refractivity contribution in [2.45, 2.75) is 40.2 Å². The second-order valence-electron chi connectivity index (χ2n) is 5.08. The number of aromatic nitrogens is 1. The van der Waals surface area contributed by atoms with Crippen LogP contribution in [0.3, 0.4) is 0 Å². The molecule has 0 bridgehead atoms. The van der Waals surface area contributed by atoms with E-state index >= 15 is 0 Å². The lowest BCUT2D eigenvalue weighted by molar-refractivity contribution is -0.120. The minimum absolute atomic E-state index is 0.0928. The van der Waals surface area contributed by atoms with Crippen molar-refractivity contribution in [2.75, 3.05) is 13.1 Å². The van der Waals surface area contributed by atoms with Crippen LogP contribution < -0.4 is 10.6 Å². The highest BCUT2D eigenvalue weighted by Crippen LogP contribution is 2.22. The molecule has 1 atom stereocenters. The summed E-state index contributed by atoms with van der Waals surface area (Å²) in [6.07, 6.45) is 2.33. The average molecular weight is 263 g/mol. The number of aryl methyl sites for hydroxylation is 1. The molecule has 1 aromatic rings. The molecule has 1 aromatic heterocycles. The van der Waals surface area contributed by atoms with Gasteiger partial charge in [-0.2, -0.15) is 0 Å². The normalized spacial score (nSPS) is 12.5. The van der Waals surface area contributed by atoms with Crippen LogP contribution in [0.4, 0.5) is 0 Å². The number of pyridine rings is 1. The van der Waals surface area contributed by atoms with Crippen molar-refractivity contribution >= 4 is 5.91 Å². The summed E-state index contributed by atoms with van der Waals surface area (Å²) in [5.41, 5.74) is 2.26. The van der Waals surface area contributed by atoms with E-state index in [1.165, 1.54) is 5.56 Å². The van der Waals surface area contributed by atoms with Gasteiger partial charge in [0.25, 0.3) is 0 Å². The van der Waals surface area contributed by atoms with Gasteiger partial charge >= 0.3 is 0 Å². The van der Waals surface area contributed by atoms with Crippen molar-refractivity contribution in [3.8, 4) is 0 Å². The van der Waals surface area contributed by atoms with E-state index in [-0.39, 0.29) is 11.9 Å². The van der Waals surface area contributed by atoms with Gasteiger partial charge in [0.1, 0.15) is 0 Å². The third-order valence-corrected chi connectivity index (χ3v) is 3.10. The monoisotopic (exact) mass is 263 g/mol. The van der Waals surface area contributed by atoms with Crippen LogP contribution in [-0.2, 0) is 4.79 Å². The molecule has 0 saturated carbocycles. The quantitative estimate of drug-likeness (QED) is 0.793. The van der Waals surface area contributed by atoms with Gasteiger partial charge < -0.3 is 10.6 Å². The fourth-order valence-electron chi connectivity index (χ4n) is 2.10. The Morgan fingerprint density at radius 2 is 2.16 bits per heavy atom. The van der Waals surface area contributed by atoms with Crippen LogP contribution in [-0.4, -0.2) is 24.0 Å². The van der Waals surface area contributed by atoms with Gasteiger partial charge in [-0.15, -0.1) is 0 Å². The van der Waals surface area contributed by atoms with Gasteiger partial charge in [0.15, 0.2) is 0 Å². The topological polar surface area (TPSA) is 54.0 Å². The molecular formula is C15H25N3O. The van der Waals surface area contributed by atoms with Crippen LogP contribution >= 0.6 is 0 Å². The molecule has 106 valence electrons. The maximum atomic E-state index is 11.4. The van der Waals surface area contributed by atoms with Gasteiger partial charge in [-0.3, -0.25) is 9.78 Å². The summed E-state index contributed by atoms with van der Waals surface area (Å²) in [5.74, 6) is 0.526. The number of rotatable bonds is 7. The van der Waals surface area contributed by atoms with Crippen LogP contribution in [0, 0.1) is 12.8 Å². The zero-order chi connectivity index (χ0) is 14.3. The fourth-order valence-corrected chi connectivity index (χ4v) is 2.10. The molecule has 1 amide bonds. The molecule has 2 N–H and O–H groups in total. The highest BCUT2D eigenvalue weighted by molar-refractivity contribution is 5.75. The van der Waals surface area contributed by atoms with Gasteiger partial charge in [-0.1, -0.05) is 19.9 Å². The van der Waals surface area contributed by atoms with Gasteiger partial charge in [0.05, 0.1) is 11.7 Å². The van der Waals surface area contributed by atoms with Crippen molar-refractivity contribution in [1.29, 1.82) is 0 Å². The smallest absolute Gasteiger partial charge is 0.221 e. The standard InChI is InChI=1S/C15H25N3O/c1-5-16-13(19)8-10-18-14(11(2)3)15-12(4)7-6-9-17-15/h6-7,9,11,14,18H,5,8,10H2,1-4H3,(H,16,19)/t14-/m0/s1. The molecule has 0 spiro atoms. The van der Waals surface area contributed by atoms with Crippen molar-refractivity contribution in [2.24, 2.45) is 5.92 Å². The average Bonchev–Trinajstić information content (AvgIpc) is 2.36. The minimum Gasteiger partial charge on any atom is -0.356 e. The highest BCUT2D eigenvalue weighted by atomic mass is 16.1. The number of amides is 1. The van der Waals surface area contributed by atoms with Crippen LogP contribution in [0.25, 0.3) is 0 Å². The van der Waals surface area contributed by atoms with Crippen molar-refractivity contribution in [1.82, 2.24) is 15.6 Å². The van der Waals surface area contributed by atoms with E-state index in [9.17, 15) is 4.79 Å². The summed E-state index contributed by atoms with van der Waals surface area (Å²) in [6.45, 7) is 9.69. The van der Waals surface area contributed by atoms with Crippen LogP contribution in [0.2, 0.25) is 0 Å². The lowest BCUT2D eigenvalue weighted by Gasteiger charge is -2.23. The number of carbonyl (C=O) groups is 1. The molecule has 0 aromatic carbocycles. The van der Waals surface area contributed by atoms with Gasteiger partial charge in [0, 0.05) is 25.7 Å². The number of hydrogen-bond donors (Lipinski definition) is 2. The molecule has 0 aliphatic heterocycles. The Morgan fingerprint density at radius 3 is 2.74 bits per heavy atom. The molecule has 1 heterocycles. The Kier molecular flexibility index (Phi) is 6.50. The van der Waals surface area contributed by atoms with E-state index in [0.29, 0.717) is 25.4 Å². The van der Waals surface area contributed by atoms with Crippen LogP contribution in [0.1, 0.15) is 44.5 Å². The Balaban J connectivity index is 2.60. The Morgan fingerprint density at radius 1 is 1.42 bits per heavy atom. The van der Waals surface area contributed by atoms with Gasteiger partial charge in [-0.05, 0) is 31.4 Å². The van der Waals surface area contributed by atoms with E-state index in [2.05, 4.69) is 42.5 Å². The third kappa shape index (κ3) is 4.99. The Hall–Kier alpha value is -1.42. The van der Waals surface area contributed by atoms with E-state index < -0.39 is 0 Å². The first-order chi connectivity index (χ1) is 9.06. The van der Waals surface area contributed by atoms with Crippen LogP contribution in [0.5, 0.6) is 0 Å². The van der Waals surface area contributed by atoms with Crippen molar-refractivity contribution < 1.29 is 4.79 Å². The Bertz CT molecular complexity index is 404. The predicted molar refractivity (Wildman–Crippen MR) is 77.9 cm³/mol. The molecule has 0 fully saturated rings. The van der Waals surface area contributed by atoms with Crippen molar-refractivity contribution in [3.05, 3.63) is 29.6 Å². The lowest BCUT2D eigenvalue weighted by Crippen LogP contribution is -2.32. The maximum Gasteiger partial charge on any atom is 0.221 e. The van der Waals surface area contributed by atoms with Gasteiger partial charge in [0.2, 0.25) is 5.91 Å². The number of nitrogens with one attached hydrogen (secondary N) is 2. The lowest BCUT2D eigenvalue weighted by atomic mass is 9.97. The van der Waals surface area contributed by atoms with Crippen molar-refractivity contribution in [3.63, 3.8) is 0 Å². The molecule has 1 rings (SSSR count). The SMILES string of the molecule is CCNC(=O)CCN[C@H](c1ncccc1C)C(C)C. The maximum absolute atomic E-state index is 11.4. The molecule has 0 aliphatic rings. The molecule has 0 unspecified atom stereocenters. The summed E-state index contributed by atoms with van der Waals surface area (Å²) >= 11 is 0. The van der Waals surface area contributed by atoms with E-state index in [1.807, 2.05) is 19.2 Å². The highest BCUT2D eigenvalue weighted by Gasteiger charge is 2.18. The van der Waals surface area contributed by atoms with E-state index in [1.54, 1.807) is 0 Å². The first-order valence-corrected chi connectivity index (χ1v) is 6.97.